The van der Waals surface area contributed by atoms with Gasteiger partial charge in [0.2, 0.25) is 0 Å². The van der Waals surface area contributed by atoms with Gasteiger partial charge in [0.15, 0.2) is 5.58 Å². The van der Waals surface area contributed by atoms with Crippen molar-refractivity contribution in [1.82, 2.24) is 4.98 Å². The minimum absolute atomic E-state index is 0.459. The fourth-order valence-corrected chi connectivity index (χ4v) is 2.67. The topological polar surface area (TPSA) is 55.1 Å². The molecule has 0 spiro atoms. The predicted octanol–water partition coefficient (Wildman–Crippen LogP) is 3.45. The predicted molar refractivity (Wildman–Crippen MR) is 81.5 cm³/mol. The molecular formula is C15H14N2O2S. The summed E-state index contributed by atoms with van der Waals surface area (Å²) in [5.41, 5.74) is 3.47. The van der Waals surface area contributed by atoms with Gasteiger partial charge in [0.1, 0.15) is 5.52 Å². The number of oxazole rings is 1. The molecule has 0 aliphatic carbocycles. The molecule has 4 nitrogen and oxygen atoms in total. The standard InChI is InChI=1S/C15H14N2O2S/c1-20(18)10-11-5-4-6-12(9-11)16-15-17-13-7-2-3-8-14(13)19-15/h2-9H,10H2,1H3,(H,16,17). The first kappa shape index (κ1) is 12.9. The zero-order valence-corrected chi connectivity index (χ0v) is 11.8. The van der Waals surface area contributed by atoms with Crippen molar-refractivity contribution in [2.75, 3.05) is 11.6 Å². The van der Waals surface area contributed by atoms with E-state index >= 15 is 0 Å². The summed E-state index contributed by atoms with van der Waals surface area (Å²) >= 11 is 0. The highest BCUT2D eigenvalue weighted by Crippen LogP contribution is 2.22. The van der Waals surface area contributed by atoms with E-state index < -0.39 is 10.8 Å². The number of para-hydroxylation sites is 2. The van der Waals surface area contributed by atoms with Gasteiger partial charge in [0.05, 0.1) is 0 Å². The van der Waals surface area contributed by atoms with E-state index in [0.717, 1.165) is 22.4 Å². The molecule has 0 aliphatic rings. The highest BCUT2D eigenvalue weighted by atomic mass is 32.2. The molecule has 1 unspecified atom stereocenters. The van der Waals surface area contributed by atoms with E-state index in [0.29, 0.717) is 11.8 Å². The molecule has 1 N–H and O–H groups in total. The third-order valence-corrected chi connectivity index (χ3v) is 3.58. The maximum atomic E-state index is 11.3. The van der Waals surface area contributed by atoms with Crippen molar-refractivity contribution in [3.63, 3.8) is 0 Å². The van der Waals surface area contributed by atoms with Gasteiger partial charge in [0.25, 0.3) is 6.01 Å². The number of benzene rings is 2. The molecule has 0 radical (unpaired) electrons. The van der Waals surface area contributed by atoms with Gasteiger partial charge in [-0.3, -0.25) is 4.21 Å². The molecule has 102 valence electrons. The van der Waals surface area contributed by atoms with Gasteiger partial charge in [-0.05, 0) is 29.8 Å². The number of aromatic nitrogens is 1. The van der Waals surface area contributed by atoms with E-state index in [1.165, 1.54) is 0 Å². The molecule has 2 aromatic carbocycles. The zero-order chi connectivity index (χ0) is 13.9. The van der Waals surface area contributed by atoms with Crippen LogP contribution in [0.25, 0.3) is 11.1 Å². The van der Waals surface area contributed by atoms with Gasteiger partial charge in [0, 0.05) is 28.5 Å². The van der Waals surface area contributed by atoms with E-state index in [1.54, 1.807) is 6.26 Å². The first-order valence-electron chi connectivity index (χ1n) is 6.22. The van der Waals surface area contributed by atoms with Gasteiger partial charge < -0.3 is 9.73 Å². The highest BCUT2D eigenvalue weighted by molar-refractivity contribution is 7.83. The van der Waals surface area contributed by atoms with Crippen molar-refractivity contribution < 1.29 is 8.63 Å². The van der Waals surface area contributed by atoms with E-state index in [-0.39, 0.29) is 0 Å². The maximum Gasteiger partial charge on any atom is 0.300 e. The molecule has 3 aromatic rings. The summed E-state index contributed by atoms with van der Waals surface area (Å²) in [5.74, 6) is 0.545. The Morgan fingerprint density at radius 1 is 1.20 bits per heavy atom. The summed E-state index contributed by atoms with van der Waals surface area (Å²) in [6, 6.07) is 15.8. The quantitative estimate of drug-likeness (QED) is 0.798. The van der Waals surface area contributed by atoms with Gasteiger partial charge in [-0.15, -0.1) is 0 Å². The van der Waals surface area contributed by atoms with Gasteiger partial charge >= 0.3 is 0 Å². The van der Waals surface area contributed by atoms with E-state index in [9.17, 15) is 4.21 Å². The third kappa shape index (κ3) is 2.88. The number of nitrogens with one attached hydrogen (secondary N) is 1. The molecule has 20 heavy (non-hydrogen) atoms. The van der Waals surface area contributed by atoms with Gasteiger partial charge in [-0.2, -0.15) is 4.98 Å². The molecule has 0 saturated heterocycles. The molecule has 1 aromatic heterocycles. The second kappa shape index (κ2) is 5.46. The molecule has 0 aliphatic heterocycles. The van der Waals surface area contributed by atoms with Crippen molar-refractivity contribution in [2.24, 2.45) is 0 Å². The lowest BCUT2D eigenvalue weighted by molar-refractivity contribution is 0.623. The molecule has 0 fully saturated rings. The Bertz CT molecular complexity index is 734. The van der Waals surface area contributed by atoms with Crippen LogP contribution in [0.4, 0.5) is 11.7 Å². The molecule has 1 atom stereocenters. The fraction of sp³-hybridized carbons (Fsp3) is 0.133. The third-order valence-electron chi connectivity index (χ3n) is 2.84. The fourth-order valence-electron chi connectivity index (χ4n) is 2.02. The van der Waals surface area contributed by atoms with Gasteiger partial charge in [-0.25, -0.2) is 0 Å². The smallest absolute Gasteiger partial charge is 0.300 e. The van der Waals surface area contributed by atoms with E-state index in [2.05, 4.69) is 10.3 Å². The van der Waals surface area contributed by atoms with Crippen LogP contribution in [-0.2, 0) is 16.6 Å². The van der Waals surface area contributed by atoms with Crippen LogP contribution >= 0.6 is 0 Å². The highest BCUT2D eigenvalue weighted by Gasteiger charge is 2.05. The van der Waals surface area contributed by atoms with E-state index in [1.807, 2.05) is 48.5 Å². The number of anilines is 2. The maximum absolute atomic E-state index is 11.3. The molecular weight excluding hydrogens is 272 g/mol. The summed E-state index contributed by atoms with van der Waals surface area (Å²) < 4.78 is 16.9. The number of rotatable bonds is 4. The second-order valence-corrected chi connectivity index (χ2v) is 5.96. The summed E-state index contributed by atoms with van der Waals surface area (Å²) in [6.07, 6.45) is 1.70. The number of fused-ring (bicyclic) bond motifs is 1. The Balaban J connectivity index is 1.85. The molecule has 0 saturated carbocycles. The van der Waals surface area contributed by atoms with Crippen LogP contribution in [0.2, 0.25) is 0 Å². The molecule has 0 amide bonds. The Labute approximate surface area is 119 Å². The Hall–Kier alpha value is -2.14. The second-order valence-electron chi connectivity index (χ2n) is 4.53. The number of hydrogen-bond acceptors (Lipinski definition) is 4. The summed E-state index contributed by atoms with van der Waals surface area (Å²) in [4.78, 5) is 4.36. The van der Waals surface area contributed by atoms with Crippen molar-refractivity contribution in [3.8, 4) is 0 Å². The summed E-state index contributed by atoms with van der Waals surface area (Å²) in [5, 5.41) is 3.13. The van der Waals surface area contributed by atoms with Crippen molar-refractivity contribution in [2.45, 2.75) is 5.75 Å². The Morgan fingerprint density at radius 3 is 2.85 bits per heavy atom. The van der Waals surface area contributed by atoms with Crippen LogP contribution in [0, 0.1) is 0 Å². The first-order valence-corrected chi connectivity index (χ1v) is 7.95. The van der Waals surface area contributed by atoms with Crippen LogP contribution < -0.4 is 5.32 Å². The van der Waals surface area contributed by atoms with Crippen LogP contribution in [0.15, 0.2) is 52.9 Å². The first-order chi connectivity index (χ1) is 9.70. The molecule has 5 heteroatoms. The normalized spacial score (nSPS) is 12.4. The lowest BCUT2D eigenvalue weighted by atomic mass is 10.2. The summed E-state index contributed by atoms with van der Waals surface area (Å²) in [6.45, 7) is 0. The Morgan fingerprint density at radius 2 is 2.05 bits per heavy atom. The average Bonchev–Trinajstić information content (AvgIpc) is 2.80. The minimum Gasteiger partial charge on any atom is -0.423 e. The SMILES string of the molecule is CS(=O)Cc1cccc(Nc2nc3ccccc3o2)c1. The Kier molecular flexibility index (Phi) is 3.52. The van der Waals surface area contributed by atoms with Crippen molar-refractivity contribution in [3.05, 3.63) is 54.1 Å². The lowest BCUT2D eigenvalue weighted by Gasteiger charge is -2.04. The van der Waals surface area contributed by atoms with Crippen LogP contribution in [0.5, 0.6) is 0 Å². The van der Waals surface area contributed by atoms with Crippen LogP contribution in [0.3, 0.4) is 0 Å². The van der Waals surface area contributed by atoms with Gasteiger partial charge in [-0.1, -0.05) is 24.3 Å². The minimum atomic E-state index is -0.851. The zero-order valence-electron chi connectivity index (χ0n) is 11.0. The number of hydrogen-bond donors (Lipinski definition) is 1. The monoisotopic (exact) mass is 286 g/mol. The van der Waals surface area contributed by atoms with E-state index in [4.69, 9.17) is 4.42 Å². The van der Waals surface area contributed by atoms with Crippen LogP contribution in [-0.4, -0.2) is 15.4 Å². The van der Waals surface area contributed by atoms with Crippen LogP contribution in [0.1, 0.15) is 5.56 Å². The summed E-state index contributed by atoms with van der Waals surface area (Å²) in [7, 11) is -0.851. The average molecular weight is 286 g/mol. The largest absolute Gasteiger partial charge is 0.423 e. The molecule has 1 heterocycles. The molecule has 3 rings (SSSR count). The van der Waals surface area contributed by atoms with Crippen molar-refractivity contribution >= 4 is 33.6 Å². The number of nitrogens with zero attached hydrogens (tertiary/aromatic N) is 1. The lowest BCUT2D eigenvalue weighted by Crippen LogP contribution is -1.95. The molecule has 0 bridgehead atoms. The van der Waals surface area contributed by atoms with Crippen molar-refractivity contribution in [1.29, 1.82) is 0 Å².